The molecule has 116 valence electrons. The SMILES string of the molecule is CCCOC(=O)CCC(=O)OCc1cc(F)c(F)c(F)c1. The second kappa shape index (κ2) is 8.28. The van der Waals surface area contributed by atoms with Crippen LogP contribution in [0.1, 0.15) is 31.7 Å². The Hall–Kier alpha value is -2.05. The smallest absolute Gasteiger partial charge is 0.306 e. The summed E-state index contributed by atoms with van der Waals surface area (Å²) in [6, 6.07) is 1.47. The van der Waals surface area contributed by atoms with E-state index in [1.165, 1.54) is 0 Å². The van der Waals surface area contributed by atoms with E-state index in [0.29, 0.717) is 6.42 Å². The molecule has 1 aromatic rings. The molecule has 0 unspecified atom stereocenters. The zero-order valence-corrected chi connectivity index (χ0v) is 11.5. The molecule has 0 heterocycles. The molecule has 0 saturated heterocycles. The summed E-state index contributed by atoms with van der Waals surface area (Å²) in [6.45, 7) is 1.71. The Kier molecular flexibility index (Phi) is 6.71. The summed E-state index contributed by atoms with van der Waals surface area (Å²) >= 11 is 0. The number of benzene rings is 1. The van der Waals surface area contributed by atoms with E-state index in [2.05, 4.69) is 0 Å². The van der Waals surface area contributed by atoms with Crippen molar-refractivity contribution in [3.8, 4) is 0 Å². The molecule has 0 bridgehead atoms. The van der Waals surface area contributed by atoms with Crippen LogP contribution in [0.5, 0.6) is 0 Å². The molecule has 0 saturated carbocycles. The number of carbonyl (C=O) groups excluding carboxylic acids is 2. The van der Waals surface area contributed by atoms with Crippen LogP contribution < -0.4 is 0 Å². The molecule has 4 nitrogen and oxygen atoms in total. The van der Waals surface area contributed by atoms with Crippen molar-refractivity contribution < 1.29 is 32.2 Å². The molecule has 0 aliphatic rings. The normalized spacial score (nSPS) is 10.3. The van der Waals surface area contributed by atoms with Crippen LogP contribution in [0.25, 0.3) is 0 Å². The summed E-state index contributed by atoms with van der Waals surface area (Å²) in [6.07, 6.45) is 0.345. The maximum Gasteiger partial charge on any atom is 0.306 e. The van der Waals surface area contributed by atoms with Crippen molar-refractivity contribution in [2.24, 2.45) is 0 Å². The zero-order valence-electron chi connectivity index (χ0n) is 11.5. The molecule has 0 N–H and O–H groups in total. The lowest BCUT2D eigenvalue weighted by Crippen LogP contribution is -2.11. The zero-order chi connectivity index (χ0) is 15.8. The third kappa shape index (κ3) is 5.85. The van der Waals surface area contributed by atoms with Crippen molar-refractivity contribution >= 4 is 11.9 Å². The Morgan fingerprint density at radius 2 is 1.52 bits per heavy atom. The Labute approximate surface area is 119 Å². The first kappa shape index (κ1) is 17.0. The summed E-state index contributed by atoms with van der Waals surface area (Å²) in [5.74, 6) is -5.53. The van der Waals surface area contributed by atoms with Crippen LogP contribution >= 0.6 is 0 Å². The minimum atomic E-state index is -1.58. The minimum absolute atomic E-state index is 0.0201. The van der Waals surface area contributed by atoms with Crippen LogP contribution in [0.2, 0.25) is 0 Å². The van der Waals surface area contributed by atoms with Gasteiger partial charge in [0.25, 0.3) is 0 Å². The predicted molar refractivity (Wildman–Crippen MR) is 66.6 cm³/mol. The highest BCUT2D eigenvalue weighted by Crippen LogP contribution is 2.14. The molecule has 1 aromatic carbocycles. The fourth-order valence-corrected chi connectivity index (χ4v) is 1.42. The fourth-order valence-electron chi connectivity index (χ4n) is 1.42. The first-order valence-corrected chi connectivity index (χ1v) is 6.38. The molecule has 21 heavy (non-hydrogen) atoms. The average Bonchev–Trinajstić information content (AvgIpc) is 2.46. The van der Waals surface area contributed by atoms with Gasteiger partial charge in [0, 0.05) is 0 Å². The van der Waals surface area contributed by atoms with Crippen molar-refractivity contribution in [3.63, 3.8) is 0 Å². The number of hydrogen-bond acceptors (Lipinski definition) is 4. The average molecular weight is 304 g/mol. The molecule has 0 amide bonds. The largest absolute Gasteiger partial charge is 0.466 e. The van der Waals surface area contributed by atoms with Gasteiger partial charge >= 0.3 is 11.9 Å². The van der Waals surface area contributed by atoms with E-state index >= 15 is 0 Å². The van der Waals surface area contributed by atoms with E-state index in [4.69, 9.17) is 9.47 Å². The second-order valence-corrected chi connectivity index (χ2v) is 4.25. The van der Waals surface area contributed by atoms with Crippen molar-refractivity contribution in [1.29, 1.82) is 0 Å². The second-order valence-electron chi connectivity index (χ2n) is 4.25. The van der Waals surface area contributed by atoms with Crippen LogP contribution in [0.4, 0.5) is 13.2 Å². The number of carbonyl (C=O) groups is 2. The lowest BCUT2D eigenvalue weighted by molar-refractivity contribution is -0.151. The monoisotopic (exact) mass is 304 g/mol. The van der Waals surface area contributed by atoms with Gasteiger partial charge in [0.05, 0.1) is 19.4 Å². The quantitative estimate of drug-likeness (QED) is 0.574. The Morgan fingerprint density at radius 1 is 1.00 bits per heavy atom. The number of rotatable bonds is 7. The molecular weight excluding hydrogens is 289 g/mol. The molecule has 0 fully saturated rings. The van der Waals surface area contributed by atoms with Crippen LogP contribution in [-0.2, 0) is 25.7 Å². The van der Waals surface area contributed by atoms with Gasteiger partial charge in [0.15, 0.2) is 17.5 Å². The molecule has 0 aliphatic carbocycles. The summed E-state index contributed by atoms with van der Waals surface area (Å²) in [5, 5.41) is 0. The molecule has 0 radical (unpaired) electrons. The highest BCUT2D eigenvalue weighted by Gasteiger charge is 2.13. The molecule has 7 heteroatoms. The Morgan fingerprint density at radius 3 is 2.05 bits per heavy atom. The molecule has 0 atom stereocenters. The van der Waals surface area contributed by atoms with E-state index in [1.807, 2.05) is 6.92 Å². The van der Waals surface area contributed by atoms with Crippen LogP contribution in [0.15, 0.2) is 12.1 Å². The molecule has 0 aliphatic heterocycles. The summed E-state index contributed by atoms with van der Waals surface area (Å²) in [4.78, 5) is 22.5. The highest BCUT2D eigenvalue weighted by molar-refractivity contribution is 5.77. The summed E-state index contributed by atoms with van der Waals surface area (Å²) < 4.78 is 48.0. The van der Waals surface area contributed by atoms with E-state index in [0.717, 1.165) is 12.1 Å². The standard InChI is InChI=1S/C14H15F3O4/c1-2-5-20-12(18)3-4-13(19)21-8-9-6-10(15)14(17)11(16)7-9/h6-7H,2-5,8H2,1H3. The topological polar surface area (TPSA) is 52.6 Å². The van der Waals surface area contributed by atoms with Crippen molar-refractivity contribution in [2.45, 2.75) is 32.8 Å². The lowest BCUT2D eigenvalue weighted by Gasteiger charge is -2.06. The van der Waals surface area contributed by atoms with Gasteiger partial charge in [0.2, 0.25) is 0 Å². The predicted octanol–water partition coefficient (Wildman–Crippen LogP) is 2.88. The van der Waals surface area contributed by atoms with E-state index < -0.39 is 36.0 Å². The maximum absolute atomic E-state index is 12.9. The molecule has 0 spiro atoms. The Bertz CT molecular complexity index is 494. The fraction of sp³-hybridized carbons (Fsp3) is 0.429. The Balaban J connectivity index is 2.38. The highest BCUT2D eigenvalue weighted by atomic mass is 19.2. The van der Waals surface area contributed by atoms with Gasteiger partial charge in [-0.3, -0.25) is 9.59 Å². The molecular formula is C14H15F3O4. The first-order valence-electron chi connectivity index (χ1n) is 6.38. The third-order valence-electron chi connectivity index (χ3n) is 2.44. The first-order chi connectivity index (χ1) is 9.93. The lowest BCUT2D eigenvalue weighted by atomic mass is 10.2. The van der Waals surface area contributed by atoms with Gasteiger partial charge in [-0.2, -0.15) is 0 Å². The summed E-state index contributed by atoms with van der Waals surface area (Å²) in [7, 11) is 0. The number of hydrogen-bond donors (Lipinski definition) is 0. The van der Waals surface area contributed by atoms with Gasteiger partial charge in [-0.15, -0.1) is 0 Å². The summed E-state index contributed by atoms with van der Waals surface area (Å²) in [5.41, 5.74) is -0.0201. The van der Waals surface area contributed by atoms with E-state index in [-0.39, 0.29) is 25.0 Å². The van der Waals surface area contributed by atoms with E-state index in [1.54, 1.807) is 0 Å². The van der Waals surface area contributed by atoms with Crippen LogP contribution in [0, 0.1) is 17.5 Å². The van der Waals surface area contributed by atoms with Gasteiger partial charge in [0.1, 0.15) is 6.61 Å². The van der Waals surface area contributed by atoms with E-state index in [9.17, 15) is 22.8 Å². The number of esters is 2. The van der Waals surface area contributed by atoms with Crippen molar-refractivity contribution in [2.75, 3.05) is 6.61 Å². The van der Waals surface area contributed by atoms with Crippen molar-refractivity contribution in [1.82, 2.24) is 0 Å². The van der Waals surface area contributed by atoms with Gasteiger partial charge in [-0.1, -0.05) is 6.92 Å². The van der Waals surface area contributed by atoms with Gasteiger partial charge in [-0.05, 0) is 24.1 Å². The van der Waals surface area contributed by atoms with Gasteiger partial charge in [-0.25, -0.2) is 13.2 Å². The van der Waals surface area contributed by atoms with Crippen LogP contribution in [0.3, 0.4) is 0 Å². The minimum Gasteiger partial charge on any atom is -0.466 e. The molecule has 0 aromatic heterocycles. The molecule has 1 rings (SSSR count). The number of ether oxygens (including phenoxy) is 2. The van der Waals surface area contributed by atoms with Crippen LogP contribution in [-0.4, -0.2) is 18.5 Å². The third-order valence-corrected chi connectivity index (χ3v) is 2.44. The van der Waals surface area contributed by atoms with Gasteiger partial charge < -0.3 is 9.47 Å². The van der Waals surface area contributed by atoms with Crippen molar-refractivity contribution in [3.05, 3.63) is 35.1 Å². The maximum atomic E-state index is 12.9. The number of halogens is 3.